The van der Waals surface area contributed by atoms with Crippen molar-refractivity contribution in [2.45, 2.75) is 10.1 Å². The largest absolute Gasteiger partial charge is 0.333 e. The van der Waals surface area contributed by atoms with Crippen LogP contribution in [0.2, 0.25) is 0 Å². The summed E-state index contributed by atoms with van der Waals surface area (Å²) in [4.78, 5) is 9.00. The van der Waals surface area contributed by atoms with Gasteiger partial charge in [0.25, 0.3) is 0 Å². The third-order valence-electron chi connectivity index (χ3n) is 2.40. The fourth-order valence-corrected chi connectivity index (χ4v) is 2.66. The van der Waals surface area contributed by atoms with Gasteiger partial charge in [-0.05, 0) is 36.4 Å². The number of hydrogen-bond acceptors (Lipinski definition) is 2. The standard InChI is InChI=1S/C13H9BrN2S/c14-9-5-7-10(8-6-9)17-13-15-11-3-1-2-4-12(11)16-13/h1-8H,(H,15,16). The van der Waals surface area contributed by atoms with E-state index in [1.807, 2.05) is 36.4 Å². The second-order valence-corrected chi connectivity index (χ2v) is 5.59. The van der Waals surface area contributed by atoms with E-state index >= 15 is 0 Å². The van der Waals surface area contributed by atoms with E-state index in [-0.39, 0.29) is 0 Å². The minimum atomic E-state index is 0.925. The predicted molar refractivity (Wildman–Crippen MR) is 74.4 cm³/mol. The number of H-pyrrole nitrogens is 1. The molecule has 0 radical (unpaired) electrons. The normalized spacial score (nSPS) is 10.9. The number of nitrogens with one attached hydrogen (secondary N) is 1. The lowest BCUT2D eigenvalue weighted by Gasteiger charge is -1.97. The van der Waals surface area contributed by atoms with Gasteiger partial charge in [-0.2, -0.15) is 0 Å². The molecule has 2 aromatic carbocycles. The Bertz CT molecular complexity index is 613. The molecule has 0 saturated heterocycles. The average molecular weight is 305 g/mol. The molecule has 0 aliphatic carbocycles. The summed E-state index contributed by atoms with van der Waals surface area (Å²) in [5.74, 6) is 0. The molecule has 4 heteroatoms. The summed E-state index contributed by atoms with van der Waals surface area (Å²) in [5, 5.41) is 0.925. The highest BCUT2D eigenvalue weighted by Crippen LogP contribution is 2.27. The fraction of sp³-hybridized carbons (Fsp3) is 0. The van der Waals surface area contributed by atoms with E-state index < -0.39 is 0 Å². The molecule has 3 aromatic rings. The summed E-state index contributed by atoms with van der Waals surface area (Å²) in [5.41, 5.74) is 2.08. The average Bonchev–Trinajstić information content (AvgIpc) is 2.74. The summed E-state index contributed by atoms with van der Waals surface area (Å²) in [6.45, 7) is 0. The predicted octanol–water partition coefficient (Wildman–Crippen LogP) is 4.48. The highest BCUT2D eigenvalue weighted by molar-refractivity contribution is 9.10. The van der Waals surface area contributed by atoms with Crippen molar-refractivity contribution in [1.29, 1.82) is 0 Å². The molecule has 17 heavy (non-hydrogen) atoms. The van der Waals surface area contributed by atoms with E-state index in [1.54, 1.807) is 11.8 Å². The molecule has 1 heterocycles. The maximum atomic E-state index is 4.53. The Morgan fingerprint density at radius 3 is 2.53 bits per heavy atom. The minimum Gasteiger partial charge on any atom is -0.333 e. The lowest BCUT2D eigenvalue weighted by Crippen LogP contribution is -1.75. The van der Waals surface area contributed by atoms with Gasteiger partial charge in [-0.1, -0.05) is 39.8 Å². The van der Waals surface area contributed by atoms with Crippen LogP contribution >= 0.6 is 27.7 Å². The van der Waals surface area contributed by atoms with Crippen LogP contribution in [0.3, 0.4) is 0 Å². The van der Waals surface area contributed by atoms with Gasteiger partial charge in [0.2, 0.25) is 0 Å². The van der Waals surface area contributed by atoms with Crippen molar-refractivity contribution in [2.75, 3.05) is 0 Å². The third-order valence-corrected chi connectivity index (χ3v) is 3.82. The Hall–Kier alpha value is -1.26. The number of hydrogen-bond donors (Lipinski definition) is 1. The van der Waals surface area contributed by atoms with Crippen LogP contribution in [0.15, 0.2) is 63.1 Å². The van der Waals surface area contributed by atoms with Crippen LogP contribution in [0, 0.1) is 0 Å². The van der Waals surface area contributed by atoms with Crippen LogP contribution in [0.4, 0.5) is 0 Å². The molecule has 84 valence electrons. The maximum Gasteiger partial charge on any atom is 0.171 e. The summed E-state index contributed by atoms with van der Waals surface area (Å²) in [6, 6.07) is 16.3. The molecular formula is C13H9BrN2S. The number of fused-ring (bicyclic) bond motifs is 1. The van der Waals surface area contributed by atoms with Crippen LogP contribution < -0.4 is 0 Å². The molecule has 1 aromatic heterocycles. The second-order valence-electron chi connectivity index (χ2n) is 3.62. The quantitative estimate of drug-likeness (QED) is 0.756. The summed E-state index contributed by atoms with van der Waals surface area (Å²) in [6.07, 6.45) is 0. The Balaban J connectivity index is 1.92. The highest BCUT2D eigenvalue weighted by atomic mass is 79.9. The maximum absolute atomic E-state index is 4.53. The minimum absolute atomic E-state index is 0.925. The van der Waals surface area contributed by atoms with Gasteiger partial charge in [-0.3, -0.25) is 0 Å². The number of rotatable bonds is 2. The number of imidazole rings is 1. The van der Waals surface area contributed by atoms with Crippen molar-refractivity contribution in [3.63, 3.8) is 0 Å². The molecule has 0 spiro atoms. The Labute approximate surface area is 112 Å². The van der Waals surface area contributed by atoms with Gasteiger partial charge in [0.05, 0.1) is 11.0 Å². The SMILES string of the molecule is Brc1ccc(Sc2nc3ccccc3[nH]2)cc1. The second kappa shape index (κ2) is 4.55. The smallest absolute Gasteiger partial charge is 0.171 e. The first kappa shape index (κ1) is 10.9. The molecule has 0 aliphatic rings. The zero-order valence-electron chi connectivity index (χ0n) is 8.85. The Morgan fingerprint density at radius 1 is 1.00 bits per heavy atom. The van der Waals surface area contributed by atoms with E-state index in [1.165, 1.54) is 4.90 Å². The lowest BCUT2D eigenvalue weighted by atomic mass is 10.3. The zero-order chi connectivity index (χ0) is 11.7. The van der Waals surface area contributed by atoms with Crippen LogP contribution in [0.5, 0.6) is 0 Å². The number of nitrogens with zero attached hydrogens (tertiary/aromatic N) is 1. The van der Waals surface area contributed by atoms with Crippen molar-refractivity contribution < 1.29 is 0 Å². The molecule has 0 atom stereocenters. The van der Waals surface area contributed by atoms with Gasteiger partial charge in [0.1, 0.15) is 0 Å². The molecule has 0 bridgehead atoms. The highest BCUT2D eigenvalue weighted by Gasteiger charge is 2.03. The van der Waals surface area contributed by atoms with Gasteiger partial charge in [0, 0.05) is 9.37 Å². The van der Waals surface area contributed by atoms with Crippen LogP contribution in [0.1, 0.15) is 0 Å². The fourth-order valence-electron chi connectivity index (χ4n) is 1.59. The first-order valence-corrected chi connectivity index (χ1v) is 6.80. The van der Waals surface area contributed by atoms with Crippen molar-refractivity contribution in [2.24, 2.45) is 0 Å². The number of aromatic amines is 1. The van der Waals surface area contributed by atoms with Crippen molar-refractivity contribution in [3.8, 4) is 0 Å². The number of aromatic nitrogens is 2. The monoisotopic (exact) mass is 304 g/mol. The topological polar surface area (TPSA) is 28.7 Å². The molecule has 2 nitrogen and oxygen atoms in total. The lowest BCUT2D eigenvalue weighted by molar-refractivity contribution is 1.08. The Kier molecular flexibility index (Phi) is 2.91. The number of benzene rings is 2. The van der Waals surface area contributed by atoms with Crippen LogP contribution in [0.25, 0.3) is 11.0 Å². The third kappa shape index (κ3) is 2.37. The van der Waals surface area contributed by atoms with E-state index in [0.29, 0.717) is 0 Å². The van der Waals surface area contributed by atoms with E-state index in [2.05, 4.69) is 38.0 Å². The van der Waals surface area contributed by atoms with Gasteiger partial charge in [-0.15, -0.1) is 0 Å². The molecule has 3 rings (SSSR count). The van der Waals surface area contributed by atoms with E-state index in [0.717, 1.165) is 20.7 Å². The van der Waals surface area contributed by atoms with Crippen molar-refractivity contribution >= 4 is 38.7 Å². The first-order chi connectivity index (χ1) is 8.31. The molecule has 0 unspecified atom stereocenters. The van der Waals surface area contributed by atoms with E-state index in [9.17, 15) is 0 Å². The van der Waals surface area contributed by atoms with Crippen molar-refractivity contribution in [1.82, 2.24) is 9.97 Å². The summed E-state index contributed by atoms with van der Waals surface area (Å²) in [7, 11) is 0. The van der Waals surface area contributed by atoms with Crippen LogP contribution in [-0.2, 0) is 0 Å². The molecule has 0 saturated carbocycles. The molecule has 1 N–H and O–H groups in total. The van der Waals surface area contributed by atoms with Gasteiger partial charge >= 0.3 is 0 Å². The molecular weight excluding hydrogens is 296 g/mol. The van der Waals surface area contributed by atoms with Gasteiger partial charge < -0.3 is 4.98 Å². The summed E-state index contributed by atoms with van der Waals surface area (Å²) >= 11 is 5.06. The zero-order valence-corrected chi connectivity index (χ0v) is 11.3. The van der Waals surface area contributed by atoms with Crippen LogP contribution in [-0.4, -0.2) is 9.97 Å². The number of para-hydroxylation sites is 2. The summed E-state index contributed by atoms with van der Waals surface area (Å²) < 4.78 is 1.09. The Morgan fingerprint density at radius 2 is 1.76 bits per heavy atom. The molecule has 0 amide bonds. The van der Waals surface area contributed by atoms with Gasteiger partial charge in [-0.25, -0.2) is 4.98 Å². The van der Waals surface area contributed by atoms with Crippen molar-refractivity contribution in [3.05, 3.63) is 53.0 Å². The first-order valence-electron chi connectivity index (χ1n) is 5.19. The van der Waals surface area contributed by atoms with Gasteiger partial charge in [0.15, 0.2) is 5.16 Å². The van der Waals surface area contributed by atoms with E-state index in [4.69, 9.17) is 0 Å². The molecule has 0 aliphatic heterocycles. The molecule has 0 fully saturated rings. The number of halogens is 1.